The van der Waals surface area contributed by atoms with Crippen LogP contribution < -0.4 is 11.1 Å². The van der Waals surface area contributed by atoms with Gasteiger partial charge in [-0.1, -0.05) is 0 Å². The van der Waals surface area contributed by atoms with Crippen molar-refractivity contribution >= 4 is 28.6 Å². The predicted octanol–water partition coefficient (Wildman–Crippen LogP) is 2.75. The molecule has 0 spiro atoms. The smallest absolute Gasteiger partial charge is 0.408 e. The lowest BCUT2D eigenvalue weighted by Crippen LogP contribution is -2.43. The average molecular weight is 383 g/mol. The fraction of sp³-hybridized carbons (Fsp3) is 0.250. The van der Waals surface area contributed by atoms with Gasteiger partial charge in [-0.25, -0.2) is 9.18 Å². The zero-order chi connectivity index (χ0) is 19.7. The number of aromatic amines is 1. The number of oxazole rings is 1. The third-order valence-corrected chi connectivity index (χ3v) is 4.86. The van der Waals surface area contributed by atoms with Crippen LogP contribution >= 0.6 is 0 Å². The summed E-state index contributed by atoms with van der Waals surface area (Å²) in [6, 6.07) is 10.3. The van der Waals surface area contributed by atoms with Gasteiger partial charge in [0.2, 0.25) is 5.91 Å². The molecule has 28 heavy (non-hydrogen) atoms. The Hall–Kier alpha value is -3.42. The largest absolute Gasteiger partial charge is 0.417 e. The number of aromatic nitrogens is 1. The van der Waals surface area contributed by atoms with E-state index >= 15 is 0 Å². The number of carbonyl (C=O) groups is 2. The van der Waals surface area contributed by atoms with E-state index in [1.807, 2.05) is 0 Å². The van der Waals surface area contributed by atoms with Crippen molar-refractivity contribution in [1.29, 1.82) is 0 Å². The third-order valence-electron chi connectivity index (χ3n) is 4.86. The Bertz CT molecular complexity index is 1090. The fourth-order valence-corrected chi connectivity index (χ4v) is 3.42. The molecule has 0 aliphatic carbocycles. The van der Waals surface area contributed by atoms with E-state index in [0.29, 0.717) is 48.3 Å². The molecule has 1 saturated heterocycles. The Kier molecular flexibility index (Phi) is 4.68. The lowest BCUT2D eigenvalue weighted by Gasteiger charge is -2.32. The summed E-state index contributed by atoms with van der Waals surface area (Å²) in [7, 11) is 0. The molecule has 0 saturated carbocycles. The Morgan fingerprint density at radius 3 is 2.75 bits per heavy atom. The second-order valence-corrected chi connectivity index (χ2v) is 6.81. The first-order chi connectivity index (χ1) is 13.5. The molecule has 1 atom stereocenters. The van der Waals surface area contributed by atoms with Crippen molar-refractivity contribution < 1.29 is 18.4 Å². The molecule has 4 rings (SSSR count). The van der Waals surface area contributed by atoms with E-state index in [9.17, 15) is 18.8 Å². The van der Waals surface area contributed by atoms with Gasteiger partial charge in [0.05, 0.1) is 11.4 Å². The Morgan fingerprint density at radius 2 is 1.96 bits per heavy atom. The molecule has 2 amide bonds. The molecule has 1 aliphatic heterocycles. The van der Waals surface area contributed by atoms with Gasteiger partial charge in [-0.3, -0.25) is 14.6 Å². The van der Waals surface area contributed by atoms with Gasteiger partial charge in [0.1, 0.15) is 5.82 Å². The second-order valence-electron chi connectivity index (χ2n) is 6.81. The highest BCUT2D eigenvalue weighted by atomic mass is 19.1. The first-order valence-corrected chi connectivity index (χ1v) is 8.98. The highest BCUT2D eigenvalue weighted by molar-refractivity contribution is 5.97. The molecular weight excluding hydrogens is 365 g/mol. The molecule has 0 bridgehead atoms. The number of likely N-dealkylation sites (tertiary alicyclic amines) is 1. The number of fused-ring (bicyclic) bond motifs is 1. The van der Waals surface area contributed by atoms with Crippen molar-refractivity contribution in [1.82, 2.24) is 9.88 Å². The van der Waals surface area contributed by atoms with E-state index in [1.165, 1.54) is 24.3 Å². The van der Waals surface area contributed by atoms with Crippen LogP contribution in [0.3, 0.4) is 0 Å². The number of nitrogens with zero attached hydrogens (tertiary/aromatic N) is 1. The molecule has 3 aromatic rings. The zero-order valence-electron chi connectivity index (χ0n) is 14.9. The van der Waals surface area contributed by atoms with Gasteiger partial charge in [-0.05, 0) is 55.3 Å². The van der Waals surface area contributed by atoms with E-state index in [0.717, 1.165) is 0 Å². The maximum absolute atomic E-state index is 13.1. The number of amides is 2. The van der Waals surface area contributed by atoms with E-state index < -0.39 is 11.6 Å². The zero-order valence-corrected chi connectivity index (χ0v) is 14.9. The van der Waals surface area contributed by atoms with Crippen LogP contribution in [0, 0.1) is 11.7 Å². The summed E-state index contributed by atoms with van der Waals surface area (Å²) in [5.41, 5.74) is 1.85. The molecule has 1 unspecified atom stereocenters. The van der Waals surface area contributed by atoms with Gasteiger partial charge in [0.25, 0.3) is 5.91 Å². The minimum atomic E-state index is -0.555. The summed E-state index contributed by atoms with van der Waals surface area (Å²) in [4.78, 5) is 40.7. The lowest BCUT2D eigenvalue weighted by molar-refractivity contribution is -0.121. The normalized spacial score (nSPS) is 16.9. The van der Waals surface area contributed by atoms with Gasteiger partial charge < -0.3 is 14.6 Å². The number of halogens is 1. The molecule has 0 radical (unpaired) electrons. The third kappa shape index (κ3) is 3.66. The first-order valence-electron chi connectivity index (χ1n) is 8.98. The maximum Gasteiger partial charge on any atom is 0.417 e. The number of nitrogens with one attached hydrogen (secondary N) is 2. The minimum Gasteiger partial charge on any atom is -0.408 e. The van der Waals surface area contributed by atoms with Gasteiger partial charge in [0, 0.05) is 24.3 Å². The summed E-state index contributed by atoms with van der Waals surface area (Å²) < 4.78 is 18.0. The Balaban J connectivity index is 1.44. The molecule has 7 nitrogen and oxygen atoms in total. The van der Waals surface area contributed by atoms with Crippen LogP contribution in [0.5, 0.6) is 0 Å². The van der Waals surface area contributed by atoms with Crippen molar-refractivity contribution in [2.75, 3.05) is 18.4 Å². The molecule has 2 aromatic carbocycles. The number of piperidine rings is 1. The number of benzene rings is 2. The summed E-state index contributed by atoms with van der Waals surface area (Å²) >= 11 is 0. The van der Waals surface area contributed by atoms with Crippen LogP contribution in [0.2, 0.25) is 0 Å². The predicted molar refractivity (Wildman–Crippen MR) is 100 cm³/mol. The first kappa shape index (κ1) is 18.0. The molecular formula is C20H18FN3O4. The second kappa shape index (κ2) is 7.30. The molecule has 144 valence electrons. The van der Waals surface area contributed by atoms with Crippen LogP contribution in [0.4, 0.5) is 10.1 Å². The number of rotatable bonds is 3. The molecule has 2 N–H and O–H groups in total. The topological polar surface area (TPSA) is 95.4 Å². The lowest BCUT2D eigenvalue weighted by atomic mass is 9.96. The highest BCUT2D eigenvalue weighted by Gasteiger charge is 2.29. The van der Waals surface area contributed by atoms with Gasteiger partial charge in [-0.2, -0.15) is 0 Å². The minimum absolute atomic E-state index is 0.193. The van der Waals surface area contributed by atoms with E-state index in [2.05, 4.69) is 10.3 Å². The number of H-pyrrole nitrogens is 1. The van der Waals surface area contributed by atoms with Crippen molar-refractivity contribution in [2.45, 2.75) is 12.8 Å². The Morgan fingerprint density at radius 1 is 1.18 bits per heavy atom. The molecule has 2 heterocycles. The number of carbonyl (C=O) groups excluding carboxylic acids is 2. The van der Waals surface area contributed by atoms with Gasteiger partial charge in [-0.15, -0.1) is 0 Å². The van der Waals surface area contributed by atoms with E-state index in [1.54, 1.807) is 23.1 Å². The number of hydrogen-bond acceptors (Lipinski definition) is 4. The van der Waals surface area contributed by atoms with Crippen LogP contribution in [0.1, 0.15) is 23.2 Å². The van der Waals surface area contributed by atoms with E-state index in [-0.39, 0.29) is 17.7 Å². The highest BCUT2D eigenvalue weighted by Crippen LogP contribution is 2.22. The van der Waals surface area contributed by atoms with Crippen molar-refractivity contribution in [2.24, 2.45) is 5.92 Å². The summed E-state index contributed by atoms with van der Waals surface area (Å²) in [6.45, 7) is 0.856. The van der Waals surface area contributed by atoms with Gasteiger partial charge >= 0.3 is 5.76 Å². The molecule has 1 aromatic heterocycles. The molecule has 1 fully saturated rings. The van der Waals surface area contributed by atoms with Crippen molar-refractivity contribution in [3.63, 3.8) is 0 Å². The summed E-state index contributed by atoms with van der Waals surface area (Å²) in [6.07, 6.45) is 1.38. The van der Waals surface area contributed by atoms with E-state index in [4.69, 9.17) is 4.42 Å². The van der Waals surface area contributed by atoms with Crippen molar-refractivity contribution in [3.05, 3.63) is 64.4 Å². The van der Waals surface area contributed by atoms with Crippen LogP contribution in [-0.2, 0) is 4.79 Å². The Labute approximate surface area is 159 Å². The maximum atomic E-state index is 13.1. The van der Waals surface area contributed by atoms with Gasteiger partial charge in [0.15, 0.2) is 5.58 Å². The molecule has 8 heteroatoms. The van der Waals surface area contributed by atoms with Crippen LogP contribution in [-0.4, -0.2) is 34.8 Å². The average Bonchev–Trinajstić information content (AvgIpc) is 3.07. The summed E-state index contributed by atoms with van der Waals surface area (Å²) in [5.74, 6) is -1.71. The number of hydrogen-bond donors (Lipinski definition) is 2. The fourth-order valence-electron chi connectivity index (χ4n) is 3.42. The SMILES string of the molecule is O=C(Nc1ccc2oc(=O)[nH]c2c1)C1CCCN(C(=O)c2ccc(F)cc2)C1. The molecule has 1 aliphatic rings. The quantitative estimate of drug-likeness (QED) is 0.727. The van der Waals surface area contributed by atoms with Crippen molar-refractivity contribution in [3.8, 4) is 0 Å². The van der Waals surface area contributed by atoms with Crippen LogP contribution in [0.25, 0.3) is 11.1 Å². The summed E-state index contributed by atoms with van der Waals surface area (Å²) in [5, 5.41) is 2.83. The number of anilines is 1. The monoisotopic (exact) mass is 383 g/mol. The van der Waals surface area contributed by atoms with Crippen LogP contribution in [0.15, 0.2) is 51.7 Å². The standard InChI is InChI=1S/C20H18FN3O4/c21-14-5-3-12(4-6-14)19(26)24-9-1-2-13(11-24)18(25)22-15-7-8-17-16(10-15)23-20(27)28-17/h3-8,10,13H,1-2,9,11H2,(H,22,25)(H,23,27).